The largest absolute Gasteiger partial charge is 0.480 e. The molecule has 17 heavy (non-hydrogen) atoms. The number of thiophene rings is 1. The van der Waals surface area contributed by atoms with Gasteiger partial charge >= 0.3 is 5.97 Å². The van der Waals surface area contributed by atoms with Gasteiger partial charge in [0.25, 0.3) is 5.91 Å². The first kappa shape index (κ1) is 12.1. The summed E-state index contributed by atoms with van der Waals surface area (Å²) in [4.78, 5) is 24.6. The molecule has 2 N–H and O–H groups in total. The predicted molar refractivity (Wildman–Crippen MR) is 65.5 cm³/mol. The third-order valence-electron chi connectivity index (χ3n) is 2.98. The van der Waals surface area contributed by atoms with Crippen molar-refractivity contribution in [2.45, 2.75) is 38.6 Å². The van der Waals surface area contributed by atoms with E-state index in [9.17, 15) is 9.59 Å². The van der Waals surface area contributed by atoms with Crippen molar-refractivity contribution in [3.63, 3.8) is 0 Å². The molecule has 1 aromatic rings. The van der Waals surface area contributed by atoms with Crippen molar-refractivity contribution < 1.29 is 14.7 Å². The highest BCUT2D eigenvalue weighted by Crippen LogP contribution is 2.30. The van der Waals surface area contributed by atoms with Crippen LogP contribution in [0.15, 0.2) is 6.07 Å². The van der Waals surface area contributed by atoms with Crippen LogP contribution >= 0.6 is 11.3 Å². The van der Waals surface area contributed by atoms with Crippen LogP contribution in [0, 0.1) is 0 Å². The summed E-state index contributed by atoms with van der Waals surface area (Å²) >= 11 is 1.49. The van der Waals surface area contributed by atoms with Crippen LogP contribution in [0.3, 0.4) is 0 Å². The summed E-state index contributed by atoms with van der Waals surface area (Å²) in [6.45, 7) is 1.74. The molecule has 0 aliphatic heterocycles. The van der Waals surface area contributed by atoms with Crippen LogP contribution in [0.2, 0.25) is 0 Å². The number of carboxylic acid groups (broad SMARTS) is 1. The minimum Gasteiger partial charge on any atom is -0.480 e. The van der Waals surface area contributed by atoms with E-state index in [2.05, 4.69) is 5.32 Å². The van der Waals surface area contributed by atoms with Crippen LogP contribution in [0.1, 0.15) is 39.9 Å². The van der Waals surface area contributed by atoms with E-state index in [4.69, 9.17) is 5.11 Å². The van der Waals surface area contributed by atoms with E-state index in [0.29, 0.717) is 11.3 Å². The zero-order valence-electron chi connectivity index (χ0n) is 9.66. The summed E-state index contributed by atoms with van der Waals surface area (Å²) in [5, 5.41) is 11.4. The van der Waals surface area contributed by atoms with Gasteiger partial charge in [0.2, 0.25) is 0 Å². The summed E-state index contributed by atoms with van der Waals surface area (Å²) in [5.74, 6) is -1.25. The molecule has 2 rings (SSSR count). The normalized spacial score (nSPS) is 15.4. The van der Waals surface area contributed by atoms with Gasteiger partial charge in [-0.1, -0.05) is 6.92 Å². The average molecular weight is 253 g/mol. The first-order valence-electron chi connectivity index (χ1n) is 5.77. The van der Waals surface area contributed by atoms with Crippen molar-refractivity contribution in [2.75, 3.05) is 0 Å². The molecule has 1 amide bonds. The first-order chi connectivity index (χ1) is 8.11. The van der Waals surface area contributed by atoms with Crippen molar-refractivity contribution in [3.05, 3.63) is 21.4 Å². The van der Waals surface area contributed by atoms with Gasteiger partial charge < -0.3 is 10.4 Å². The lowest BCUT2D eigenvalue weighted by Crippen LogP contribution is -2.39. The highest BCUT2D eigenvalue weighted by molar-refractivity contribution is 7.14. The highest BCUT2D eigenvalue weighted by Gasteiger charge is 2.22. The van der Waals surface area contributed by atoms with Gasteiger partial charge in [0, 0.05) is 4.88 Å². The molecule has 0 unspecified atom stereocenters. The summed E-state index contributed by atoms with van der Waals surface area (Å²) in [5.41, 5.74) is 1.25. The summed E-state index contributed by atoms with van der Waals surface area (Å²) in [7, 11) is 0. The number of aliphatic carboxylic acids is 1. The van der Waals surface area contributed by atoms with Crippen LogP contribution in [0.4, 0.5) is 0 Å². The molecular weight excluding hydrogens is 238 g/mol. The number of rotatable bonds is 4. The van der Waals surface area contributed by atoms with E-state index in [-0.39, 0.29) is 5.91 Å². The van der Waals surface area contributed by atoms with Gasteiger partial charge in [0.1, 0.15) is 6.04 Å². The average Bonchev–Trinajstić information content (AvgIpc) is 2.84. The van der Waals surface area contributed by atoms with Crippen LogP contribution < -0.4 is 5.32 Å². The Hall–Kier alpha value is -1.36. The highest BCUT2D eigenvalue weighted by atomic mass is 32.1. The van der Waals surface area contributed by atoms with Crippen molar-refractivity contribution in [2.24, 2.45) is 0 Å². The zero-order valence-corrected chi connectivity index (χ0v) is 10.5. The molecule has 5 heteroatoms. The van der Waals surface area contributed by atoms with E-state index < -0.39 is 12.0 Å². The first-order valence-corrected chi connectivity index (χ1v) is 6.58. The van der Waals surface area contributed by atoms with Crippen molar-refractivity contribution >= 4 is 23.2 Å². The van der Waals surface area contributed by atoms with E-state index in [1.165, 1.54) is 21.8 Å². The standard InChI is InChI=1S/C12H15NO3S/c1-2-8(12(15)16)13-11(14)10-6-7-4-3-5-9(7)17-10/h6,8H,2-5H2,1H3,(H,13,14)(H,15,16)/t8-/m1/s1. The maximum Gasteiger partial charge on any atom is 0.326 e. The number of carbonyl (C=O) groups excluding carboxylic acids is 1. The molecule has 0 fully saturated rings. The van der Waals surface area contributed by atoms with Gasteiger partial charge in [-0.25, -0.2) is 4.79 Å². The second-order valence-electron chi connectivity index (χ2n) is 4.19. The number of hydrogen-bond acceptors (Lipinski definition) is 3. The Kier molecular flexibility index (Phi) is 3.47. The Morgan fingerprint density at radius 1 is 1.53 bits per heavy atom. The molecule has 0 saturated heterocycles. The van der Waals surface area contributed by atoms with Gasteiger partial charge in [0.15, 0.2) is 0 Å². The molecule has 92 valence electrons. The summed E-state index contributed by atoms with van der Waals surface area (Å²) in [6.07, 6.45) is 3.64. The Morgan fingerprint density at radius 3 is 2.88 bits per heavy atom. The van der Waals surface area contributed by atoms with Gasteiger partial charge in [-0.3, -0.25) is 4.79 Å². The second kappa shape index (κ2) is 4.87. The maximum atomic E-state index is 11.9. The monoisotopic (exact) mass is 253 g/mol. The predicted octanol–water partition coefficient (Wildman–Crippen LogP) is 1.83. The van der Waals surface area contributed by atoms with Gasteiger partial charge in [-0.15, -0.1) is 11.3 Å². The summed E-state index contributed by atoms with van der Waals surface area (Å²) in [6, 6.07) is 1.11. The lowest BCUT2D eigenvalue weighted by atomic mass is 10.2. The molecule has 1 aromatic heterocycles. The Morgan fingerprint density at radius 2 is 2.29 bits per heavy atom. The molecule has 1 aliphatic carbocycles. The Balaban J connectivity index is 2.06. The molecule has 1 atom stereocenters. The molecule has 0 radical (unpaired) electrons. The molecule has 0 bridgehead atoms. The third kappa shape index (κ3) is 2.49. The fourth-order valence-electron chi connectivity index (χ4n) is 2.01. The Bertz CT molecular complexity index is 431. The molecule has 1 heterocycles. The van der Waals surface area contributed by atoms with E-state index in [1.54, 1.807) is 6.92 Å². The fourth-order valence-corrected chi connectivity index (χ4v) is 3.17. The maximum absolute atomic E-state index is 11.9. The van der Waals surface area contributed by atoms with Crippen LogP contribution in [0.25, 0.3) is 0 Å². The zero-order chi connectivity index (χ0) is 12.4. The minimum atomic E-state index is -0.982. The lowest BCUT2D eigenvalue weighted by Gasteiger charge is -2.10. The molecule has 0 saturated carbocycles. The number of hydrogen-bond donors (Lipinski definition) is 2. The second-order valence-corrected chi connectivity index (χ2v) is 5.32. The number of aryl methyl sites for hydroxylation is 2. The van der Waals surface area contributed by atoms with Crippen molar-refractivity contribution in [1.82, 2.24) is 5.32 Å². The Labute approximate surface area is 104 Å². The minimum absolute atomic E-state index is 0.265. The molecule has 0 aromatic carbocycles. The van der Waals surface area contributed by atoms with Crippen LogP contribution in [-0.4, -0.2) is 23.0 Å². The van der Waals surface area contributed by atoms with Crippen molar-refractivity contribution in [3.8, 4) is 0 Å². The molecule has 1 aliphatic rings. The number of nitrogens with one attached hydrogen (secondary N) is 1. The van der Waals surface area contributed by atoms with Crippen LogP contribution in [0.5, 0.6) is 0 Å². The third-order valence-corrected chi connectivity index (χ3v) is 4.22. The van der Waals surface area contributed by atoms with E-state index in [1.807, 2.05) is 6.07 Å². The molecular formula is C12H15NO3S. The van der Waals surface area contributed by atoms with Gasteiger partial charge in [0.05, 0.1) is 4.88 Å². The fraction of sp³-hybridized carbons (Fsp3) is 0.500. The molecule has 0 spiro atoms. The van der Waals surface area contributed by atoms with Crippen molar-refractivity contribution in [1.29, 1.82) is 0 Å². The molecule has 4 nitrogen and oxygen atoms in total. The van der Waals surface area contributed by atoms with E-state index >= 15 is 0 Å². The smallest absolute Gasteiger partial charge is 0.326 e. The number of carbonyl (C=O) groups is 2. The van der Waals surface area contributed by atoms with Crippen LogP contribution in [-0.2, 0) is 17.6 Å². The number of carboxylic acids is 1. The lowest BCUT2D eigenvalue weighted by molar-refractivity contribution is -0.139. The quantitative estimate of drug-likeness (QED) is 0.860. The van der Waals surface area contributed by atoms with Gasteiger partial charge in [-0.05, 0) is 37.3 Å². The number of fused-ring (bicyclic) bond motifs is 1. The topological polar surface area (TPSA) is 66.4 Å². The summed E-state index contributed by atoms with van der Waals surface area (Å²) < 4.78 is 0. The number of amides is 1. The SMILES string of the molecule is CC[C@@H](NC(=O)c1cc2c(s1)CCC2)C(=O)O. The van der Waals surface area contributed by atoms with E-state index in [0.717, 1.165) is 19.3 Å². The van der Waals surface area contributed by atoms with Gasteiger partial charge in [-0.2, -0.15) is 0 Å².